The van der Waals surface area contributed by atoms with E-state index in [0.717, 1.165) is 5.69 Å². The van der Waals surface area contributed by atoms with Crippen LogP contribution in [0.15, 0.2) is 72.8 Å². The third-order valence-corrected chi connectivity index (χ3v) is 6.09. The van der Waals surface area contributed by atoms with Crippen molar-refractivity contribution in [3.8, 4) is 11.5 Å². The second-order valence-corrected chi connectivity index (χ2v) is 8.08. The van der Waals surface area contributed by atoms with Crippen LogP contribution in [-0.4, -0.2) is 23.2 Å². The highest BCUT2D eigenvalue weighted by Gasteiger charge is 2.42. The third-order valence-electron chi connectivity index (χ3n) is 6.09. The summed E-state index contributed by atoms with van der Waals surface area (Å²) in [5, 5.41) is 21.3. The largest absolute Gasteiger partial charge is 0.507 e. The quantitative estimate of drug-likeness (QED) is 0.539. The zero-order chi connectivity index (χ0) is 22.7. The van der Waals surface area contributed by atoms with Crippen molar-refractivity contribution < 1.29 is 24.1 Å². The molecule has 166 valence electrons. The number of anilines is 1. The molecule has 0 radical (unpaired) electrons. The summed E-state index contributed by atoms with van der Waals surface area (Å²) in [6.07, 6.45) is 0.520. The fourth-order valence-electron chi connectivity index (χ4n) is 4.47. The van der Waals surface area contributed by atoms with Gasteiger partial charge >= 0.3 is 0 Å². The molecule has 1 amide bonds. The van der Waals surface area contributed by atoms with Gasteiger partial charge in [0.1, 0.15) is 17.3 Å². The summed E-state index contributed by atoms with van der Waals surface area (Å²) in [6, 6.07) is 19.9. The van der Waals surface area contributed by atoms with E-state index in [1.165, 1.54) is 19.2 Å². The molecule has 3 aromatic rings. The number of phenolic OH excluding ortho intramolecular Hbond substituents is 1. The van der Waals surface area contributed by atoms with Gasteiger partial charge < -0.3 is 19.8 Å². The van der Waals surface area contributed by atoms with Gasteiger partial charge in [-0.15, -0.1) is 0 Å². The van der Waals surface area contributed by atoms with Gasteiger partial charge in [0, 0.05) is 23.7 Å². The van der Waals surface area contributed by atoms with Crippen molar-refractivity contribution in [2.75, 3.05) is 12.0 Å². The smallest absolute Gasteiger partial charge is 0.227 e. The topological polar surface area (TPSA) is 70.0 Å². The molecule has 32 heavy (non-hydrogen) atoms. The second kappa shape index (κ2) is 9.40. The van der Waals surface area contributed by atoms with Gasteiger partial charge in [-0.2, -0.15) is 0 Å². The first-order valence-corrected chi connectivity index (χ1v) is 10.7. The third kappa shape index (κ3) is 4.46. The number of phenols is 1. The molecule has 0 aliphatic carbocycles. The van der Waals surface area contributed by atoms with Crippen LogP contribution in [0.3, 0.4) is 0 Å². The van der Waals surface area contributed by atoms with E-state index in [-0.39, 0.29) is 29.4 Å². The van der Waals surface area contributed by atoms with E-state index in [1.807, 2.05) is 30.3 Å². The zero-order valence-corrected chi connectivity index (χ0v) is 17.8. The molecule has 3 atom stereocenters. The van der Waals surface area contributed by atoms with Crippen molar-refractivity contribution in [2.45, 2.75) is 31.4 Å². The number of aliphatic hydroxyl groups is 1. The van der Waals surface area contributed by atoms with Gasteiger partial charge in [-0.25, -0.2) is 4.39 Å². The number of halogens is 1. The SMILES string of the molecule is COc1ccc([C@@H]2[C@@H](CC[C@H](O)c3ccc(F)cc3)CC(=O)N2c2ccccc2)c(O)c1. The summed E-state index contributed by atoms with van der Waals surface area (Å²) in [6.45, 7) is 0. The van der Waals surface area contributed by atoms with E-state index in [4.69, 9.17) is 4.74 Å². The summed E-state index contributed by atoms with van der Waals surface area (Å²) in [4.78, 5) is 14.8. The number of methoxy groups -OCH3 is 1. The highest BCUT2D eigenvalue weighted by Crippen LogP contribution is 2.47. The molecule has 0 aromatic heterocycles. The summed E-state index contributed by atoms with van der Waals surface area (Å²) in [7, 11) is 1.53. The fourth-order valence-corrected chi connectivity index (χ4v) is 4.47. The van der Waals surface area contributed by atoms with Crippen LogP contribution in [0.5, 0.6) is 11.5 Å². The van der Waals surface area contributed by atoms with Crippen LogP contribution in [0.25, 0.3) is 0 Å². The number of aliphatic hydroxyl groups excluding tert-OH is 1. The molecule has 1 saturated heterocycles. The Morgan fingerprint density at radius 1 is 1.09 bits per heavy atom. The molecule has 5 nitrogen and oxygen atoms in total. The van der Waals surface area contributed by atoms with Crippen LogP contribution in [0.4, 0.5) is 10.1 Å². The van der Waals surface area contributed by atoms with Gasteiger partial charge in [0.2, 0.25) is 5.91 Å². The maximum atomic E-state index is 13.2. The molecular weight excluding hydrogens is 409 g/mol. The van der Waals surface area contributed by atoms with E-state index in [0.29, 0.717) is 36.1 Å². The fraction of sp³-hybridized carbons (Fsp3) is 0.269. The van der Waals surface area contributed by atoms with Crippen LogP contribution in [-0.2, 0) is 4.79 Å². The van der Waals surface area contributed by atoms with Crippen molar-refractivity contribution in [1.29, 1.82) is 0 Å². The number of para-hydroxylation sites is 1. The van der Waals surface area contributed by atoms with Gasteiger partial charge in [-0.05, 0) is 60.7 Å². The number of hydrogen-bond donors (Lipinski definition) is 2. The number of carbonyl (C=O) groups excluding carboxylic acids is 1. The molecule has 0 saturated carbocycles. The van der Waals surface area contributed by atoms with Gasteiger partial charge in [0.25, 0.3) is 0 Å². The number of ether oxygens (including phenoxy) is 1. The molecule has 1 aliphatic heterocycles. The second-order valence-electron chi connectivity index (χ2n) is 8.08. The molecular formula is C26H26FNO4. The Hall–Kier alpha value is -3.38. The predicted octanol–water partition coefficient (Wildman–Crippen LogP) is 5.15. The lowest BCUT2D eigenvalue weighted by atomic mass is 9.87. The first-order valence-electron chi connectivity index (χ1n) is 10.7. The van der Waals surface area contributed by atoms with E-state index in [2.05, 4.69) is 0 Å². The predicted molar refractivity (Wildman–Crippen MR) is 120 cm³/mol. The van der Waals surface area contributed by atoms with Crippen molar-refractivity contribution in [2.24, 2.45) is 5.92 Å². The van der Waals surface area contributed by atoms with Crippen molar-refractivity contribution in [1.82, 2.24) is 0 Å². The monoisotopic (exact) mass is 435 g/mol. The molecule has 0 spiro atoms. The Morgan fingerprint density at radius 3 is 2.47 bits per heavy atom. The molecule has 3 aromatic carbocycles. The first-order chi connectivity index (χ1) is 15.5. The van der Waals surface area contributed by atoms with Gasteiger partial charge in [-0.1, -0.05) is 30.3 Å². The normalized spacial score (nSPS) is 19.2. The average molecular weight is 435 g/mol. The molecule has 0 bridgehead atoms. The number of amides is 1. The summed E-state index contributed by atoms with van der Waals surface area (Å²) >= 11 is 0. The lowest BCUT2D eigenvalue weighted by Gasteiger charge is -2.30. The van der Waals surface area contributed by atoms with Crippen LogP contribution in [0, 0.1) is 11.7 Å². The molecule has 6 heteroatoms. The molecule has 2 N–H and O–H groups in total. The van der Waals surface area contributed by atoms with Crippen molar-refractivity contribution >= 4 is 11.6 Å². The number of aromatic hydroxyl groups is 1. The summed E-state index contributed by atoms with van der Waals surface area (Å²) in [5.74, 6) is 0.102. The van der Waals surface area contributed by atoms with Gasteiger partial charge in [0.15, 0.2) is 0 Å². The zero-order valence-electron chi connectivity index (χ0n) is 17.8. The average Bonchev–Trinajstić information content (AvgIpc) is 3.14. The van der Waals surface area contributed by atoms with Gasteiger partial charge in [-0.3, -0.25) is 4.79 Å². The van der Waals surface area contributed by atoms with Gasteiger partial charge in [0.05, 0.1) is 19.3 Å². The molecule has 1 heterocycles. The minimum Gasteiger partial charge on any atom is -0.507 e. The summed E-state index contributed by atoms with van der Waals surface area (Å²) < 4.78 is 18.4. The maximum absolute atomic E-state index is 13.2. The van der Waals surface area contributed by atoms with Crippen LogP contribution >= 0.6 is 0 Å². The van der Waals surface area contributed by atoms with Crippen molar-refractivity contribution in [3.63, 3.8) is 0 Å². The molecule has 1 aliphatic rings. The van der Waals surface area contributed by atoms with E-state index >= 15 is 0 Å². The number of hydrogen-bond acceptors (Lipinski definition) is 4. The van der Waals surface area contributed by atoms with E-state index in [1.54, 1.807) is 35.2 Å². The lowest BCUT2D eigenvalue weighted by molar-refractivity contribution is -0.117. The van der Waals surface area contributed by atoms with Crippen LogP contribution in [0.1, 0.15) is 42.5 Å². The Bertz CT molecular complexity index is 1070. The highest BCUT2D eigenvalue weighted by molar-refractivity contribution is 5.97. The maximum Gasteiger partial charge on any atom is 0.227 e. The number of nitrogens with zero attached hydrogens (tertiary/aromatic N) is 1. The Labute approximate surface area is 186 Å². The molecule has 4 rings (SSSR count). The highest BCUT2D eigenvalue weighted by atomic mass is 19.1. The van der Waals surface area contributed by atoms with Crippen molar-refractivity contribution in [3.05, 3.63) is 89.7 Å². The summed E-state index contributed by atoms with van der Waals surface area (Å²) in [5.41, 5.74) is 2.04. The number of carbonyl (C=O) groups is 1. The Balaban J connectivity index is 1.63. The van der Waals surface area contributed by atoms with Crippen LogP contribution in [0.2, 0.25) is 0 Å². The lowest BCUT2D eigenvalue weighted by Crippen LogP contribution is -2.28. The molecule has 0 unspecified atom stereocenters. The minimum absolute atomic E-state index is 0.0299. The Kier molecular flexibility index (Phi) is 6.42. The standard InChI is InChI=1S/C26H26FNO4/c1-32-21-12-13-22(24(30)16-21)26-18(9-14-23(29)17-7-10-19(27)11-8-17)15-25(31)28(26)20-5-3-2-4-6-20/h2-8,10-13,16,18,23,26,29-30H,9,14-15H2,1H3/t18-,23-,26-/m0/s1. The Morgan fingerprint density at radius 2 is 1.81 bits per heavy atom. The van der Waals surface area contributed by atoms with Crippen LogP contribution < -0.4 is 9.64 Å². The van der Waals surface area contributed by atoms with E-state index in [9.17, 15) is 19.4 Å². The number of rotatable bonds is 7. The number of benzene rings is 3. The minimum atomic E-state index is -0.762. The first kappa shape index (κ1) is 21.8. The van der Waals surface area contributed by atoms with E-state index < -0.39 is 6.10 Å². The molecule has 1 fully saturated rings.